The van der Waals surface area contributed by atoms with Crippen molar-refractivity contribution in [2.24, 2.45) is 10.8 Å². The Balaban J connectivity index is 4.28. The van der Waals surface area contributed by atoms with Gasteiger partial charge in [0, 0.05) is 32.8 Å². The highest BCUT2D eigenvalue weighted by Crippen LogP contribution is 2.00. The number of methoxy groups -OCH3 is 1. The van der Waals surface area contributed by atoms with E-state index >= 15 is 0 Å². The van der Waals surface area contributed by atoms with Gasteiger partial charge in [-0.25, -0.2) is 5.84 Å². The molecule has 0 aliphatic heterocycles. The third kappa shape index (κ3) is 5.92. The predicted molar refractivity (Wildman–Crippen MR) is 68.3 cm³/mol. The second-order valence-electron chi connectivity index (χ2n) is 3.98. The van der Waals surface area contributed by atoms with Crippen molar-refractivity contribution in [3.8, 4) is 0 Å². The van der Waals surface area contributed by atoms with Gasteiger partial charge >= 0.3 is 0 Å². The molecule has 0 aliphatic rings. The van der Waals surface area contributed by atoms with Gasteiger partial charge in [0.05, 0.1) is 0 Å². The Morgan fingerprint density at radius 3 is 2.62 bits per heavy atom. The van der Waals surface area contributed by atoms with Crippen LogP contribution in [0.5, 0.6) is 0 Å². The molecule has 0 radical (unpaired) electrons. The quantitative estimate of drug-likeness (QED) is 0.225. The molecule has 5 nitrogen and oxygen atoms in total. The molecule has 0 atom stereocenters. The third-order valence-electron chi connectivity index (χ3n) is 2.26. The largest absolute Gasteiger partial charge is 0.385 e. The molecule has 0 fully saturated rings. The normalized spacial score (nSPS) is 12.0. The summed E-state index contributed by atoms with van der Waals surface area (Å²) in [5, 5.41) is 0. The van der Waals surface area contributed by atoms with Gasteiger partial charge < -0.3 is 9.64 Å². The summed E-state index contributed by atoms with van der Waals surface area (Å²) < 4.78 is 4.98. The minimum Gasteiger partial charge on any atom is -0.385 e. The van der Waals surface area contributed by atoms with E-state index in [9.17, 15) is 0 Å². The molecule has 0 aromatic carbocycles. The van der Waals surface area contributed by atoms with Gasteiger partial charge in [-0.1, -0.05) is 6.92 Å². The van der Waals surface area contributed by atoms with Crippen molar-refractivity contribution >= 4 is 5.96 Å². The first-order valence-electron chi connectivity index (χ1n) is 5.94. The van der Waals surface area contributed by atoms with Crippen LogP contribution in [-0.2, 0) is 4.74 Å². The van der Waals surface area contributed by atoms with E-state index in [1.54, 1.807) is 7.11 Å². The molecular formula is C11H26N4O. The predicted octanol–water partition coefficient (Wildman–Crippen LogP) is 0.963. The van der Waals surface area contributed by atoms with Crippen molar-refractivity contribution in [2.75, 3.05) is 26.8 Å². The second-order valence-corrected chi connectivity index (χ2v) is 3.98. The molecule has 0 spiro atoms. The Bertz CT molecular complexity index is 194. The number of hydrazine groups is 1. The highest BCUT2D eigenvalue weighted by molar-refractivity contribution is 5.79. The highest BCUT2D eigenvalue weighted by Gasteiger charge is 2.12. The zero-order valence-corrected chi connectivity index (χ0v) is 11.0. The Morgan fingerprint density at radius 1 is 1.50 bits per heavy atom. The first-order valence-corrected chi connectivity index (χ1v) is 5.94. The molecule has 0 amide bonds. The molecule has 0 rings (SSSR count). The van der Waals surface area contributed by atoms with Crippen molar-refractivity contribution in [3.63, 3.8) is 0 Å². The maximum atomic E-state index is 5.50. The molecular weight excluding hydrogens is 204 g/mol. The number of nitrogens with two attached hydrogens (primary N) is 1. The number of nitrogens with zero attached hydrogens (tertiary/aromatic N) is 2. The van der Waals surface area contributed by atoms with Crippen LogP contribution in [0.2, 0.25) is 0 Å². The van der Waals surface area contributed by atoms with Gasteiger partial charge in [-0.3, -0.25) is 10.4 Å². The van der Waals surface area contributed by atoms with Crippen molar-refractivity contribution in [3.05, 3.63) is 0 Å². The molecule has 0 bridgehead atoms. The van der Waals surface area contributed by atoms with Crippen molar-refractivity contribution in [2.45, 2.75) is 39.7 Å². The summed E-state index contributed by atoms with van der Waals surface area (Å²) >= 11 is 0. The molecule has 0 aromatic heterocycles. The third-order valence-corrected chi connectivity index (χ3v) is 2.26. The molecule has 3 N–H and O–H groups in total. The van der Waals surface area contributed by atoms with Crippen LogP contribution in [0, 0.1) is 0 Å². The number of hydrogen-bond donors (Lipinski definition) is 2. The smallest absolute Gasteiger partial charge is 0.208 e. The fourth-order valence-corrected chi connectivity index (χ4v) is 1.46. The van der Waals surface area contributed by atoms with Gasteiger partial charge in [0.1, 0.15) is 0 Å². The van der Waals surface area contributed by atoms with Crippen molar-refractivity contribution in [1.82, 2.24) is 10.3 Å². The number of nitrogens with one attached hydrogen (secondary N) is 1. The Morgan fingerprint density at radius 2 is 2.19 bits per heavy atom. The summed E-state index contributed by atoms with van der Waals surface area (Å²) in [4.78, 5) is 6.62. The molecule has 0 aromatic rings. The van der Waals surface area contributed by atoms with Gasteiger partial charge in [0.15, 0.2) is 0 Å². The van der Waals surface area contributed by atoms with Crippen LogP contribution < -0.4 is 11.3 Å². The second kappa shape index (κ2) is 9.42. The molecule has 0 saturated carbocycles. The minimum absolute atomic E-state index is 0.400. The van der Waals surface area contributed by atoms with Crippen molar-refractivity contribution in [1.29, 1.82) is 0 Å². The van der Waals surface area contributed by atoms with E-state index in [1.807, 2.05) is 0 Å². The Labute approximate surface area is 99.0 Å². The molecule has 0 aliphatic carbocycles. The lowest BCUT2D eigenvalue weighted by molar-refractivity contribution is 0.196. The number of ether oxygens (including phenoxy) is 1. The molecule has 0 unspecified atom stereocenters. The number of rotatable bonds is 7. The van der Waals surface area contributed by atoms with Crippen molar-refractivity contribution < 1.29 is 4.74 Å². The van der Waals surface area contributed by atoms with Gasteiger partial charge in [0.25, 0.3) is 0 Å². The van der Waals surface area contributed by atoms with E-state index in [0.717, 1.165) is 38.5 Å². The van der Waals surface area contributed by atoms with Gasteiger partial charge in [-0.15, -0.1) is 0 Å². The first kappa shape index (κ1) is 15.2. The lowest BCUT2D eigenvalue weighted by atomic mass is 10.3. The lowest BCUT2D eigenvalue weighted by Gasteiger charge is -2.29. The molecule has 5 heteroatoms. The monoisotopic (exact) mass is 230 g/mol. The number of guanidine groups is 1. The van der Waals surface area contributed by atoms with Gasteiger partial charge in [0.2, 0.25) is 5.96 Å². The molecule has 16 heavy (non-hydrogen) atoms. The van der Waals surface area contributed by atoms with E-state index in [2.05, 4.69) is 36.1 Å². The van der Waals surface area contributed by atoms with Gasteiger partial charge in [-0.2, -0.15) is 0 Å². The van der Waals surface area contributed by atoms with Crippen LogP contribution in [-0.4, -0.2) is 43.7 Å². The van der Waals surface area contributed by atoms with Crippen LogP contribution in [0.3, 0.4) is 0 Å². The molecule has 0 saturated heterocycles. The first-order chi connectivity index (χ1) is 7.67. The standard InChI is InChI=1S/C11H26N4O/c1-5-8-15(10(2)3)11(14-12)13-7-6-9-16-4/h10H,5-9,12H2,1-4H3,(H,13,14). The summed E-state index contributed by atoms with van der Waals surface area (Å²) in [6.45, 7) is 8.85. The summed E-state index contributed by atoms with van der Waals surface area (Å²) in [7, 11) is 1.70. The van der Waals surface area contributed by atoms with Crippen LogP contribution in [0.4, 0.5) is 0 Å². The average molecular weight is 230 g/mol. The van der Waals surface area contributed by atoms with Crippen LogP contribution in [0.1, 0.15) is 33.6 Å². The number of hydrogen-bond acceptors (Lipinski definition) is 3. The Kier molecular flexibility index (Phi) is 8.94. The zero-order valence-electron chi connectivity index (χ0n) is 11.0. The van der Waals surface area contributed by atoms with Crippen LogP contribution in [0.25, 0.3) is 0 Å². The lowest BCUT2D eigenvalue weighted by Crippen LogP contribution is -2.48. The fraction of sp³-hybridized carbons (Fsp3) is 0.909. The average Bonchev–Trinajstić information content (AvgIpc) is 2.27. The Hall–Kier alpha value is -0.810. The fourth-order valence-electron chi connectivity index (χ4n) is 1.46. The minimum atomic E-state index is 0.400. The molecule has 0 heterocycles. The summed E-state index contributed by atoms with van der Waals surface area (Å²) in [5.41, 5.74) is 2.68. The summed E-state index contributed by atoms with van der Waals surface area (Å²) in [6.07, 6.45) is 2.00. The molecule has 96 valence electrons. The van der Waals surface area contributed by atoms with Gasteiger partial charge in [-0.05, 0) is 26.7 Å². The van der Waals surface area contributed by atoms with E-state index < -0.39 is 0 Å². The van der Waals surface area contributed by atoms with E-state index in [4.69, 9.17) is 10.6 Å². The summed E-state index contributed by atoms with van der Waals surface area (Å²) in [5.74, 6) is 6.27. The van der Waals surface area contributed by atoms with Crippen LogP contribution >= 0.6 is 0 Å². The SMILES string of the molecule is CCCN(C(=NCCCOC)NN)C(C)C. The maximum Gasteiger partial charge on any atom is 0.208 e. The highest BCUT2D eigenvalue weighted by atomic mass is 16.5. The maximum absolute atomic E-state index is 5.50. The van der Waals surface area contributed by atoms with E-state index in [1.165, 1.54) is 0 Å². The topological polar surface area (TPSA) is 62.9 Å². The van der Waals surface area contributed by atoms with Crippen LogP contribution in [0.15, 0.2) is 4.99 Å². The number of aliphatic imine (C=N–C) groups is 1. The zero-order chi connectivity index (χ0) is 12.4. The van der Waals surface area contributed by atoms with E-state index in [0.29, 0.717) is 6.04 Å². The van der Waals surface area contributed by atoms with E-state index in [-0.39, 0.29) is 0 Å². The summed E-state index contributed by atoms with van der Waals surface area (Å²) in [6, 6.07) is 0.400.